The second-order valence-electron chi connectivity index (χ2n) is 4.76. The van der Waals surface area contributed by atoms with Gasteiger partial charge in [-0.15, -0.1) is 0 Å². The minimum atomic E-state index is 0.551. The monoisotopic (exact) mass is 238 g/mol. The zero-order chi connectivity index (χ0) is 11.7. The van der Waals surface area contributed by atoms with Gasteiger partial charge in [0.15, 0.2) is 0 Å². The van der Waals surface area contributed by atoms with E-state index in [1.54, 1.807) is 0 Å². The number of rotatable bonds is 1. The zero-order valence-corrected chi connectivity index (χ0v) is 10.7. The lowest BCUT2D eigenvalue weighted by Crippen LogP contribution is -2.42. The van der Waals surface area contributed by atoms with Gasteiger partial charge in [-0.3, -0.25) is 0 Å². The predicted octanol–water partition coefficient (Wildman–Crippen LogP) is 3.55. The van der Waals surface area contributed by atoms with Gasteiger partial charge < -0.3 is 10.6 Å². The lowest BCUT2D eigenvalue weighted by molar-refractivity contribution is 0.363. The van der Waals surface area contributed by atoms with Crippen molar-refractivity contribution in [1.29, 1.82) is 0 Å². The fraction of sp³-hybridized carbons (Fsp3) is 0.538. The average Bonchev–Trinajstić information content (AvgIpc) is 2.23. The van der Waals surface area contributed by atoms with Gasteiger partial charge in [0, 0.05) is 18.3 Å². The molecule has 0 aliphatic carbocycles. The second-order valence-corrected chi connectivity index (χ2v) is 5.17. The van der Waals surface area contributed by atoms with Crippen LogP contribution in [0.25, 0.3) is 0 Å². The third kappa shape index (κ3) is 2.12. The van der Waals surface area contributed by atoms with Gasteiger partial charge in [0.05, 0.1) is 10.7 Å². The van der Waals surface area contributed by atoms with Crippen LogP contribution < -0.4 is 10.6 Å². The Morgan fingerprint density at radius 3 is 2.81 bits per heavy atom. The third-order valence-electron chi connectivity index (χ3n) is 3.65. The molecular weight excluding hydrogens is 220 g/mol. The molecule has 0 bridgehead atoms. The van der Waals surface area contributed by atoms with Crippen LogP contribution in [0, 0.1) is 5.92 Å². The van der Waals surface area contributed by atoms with E-state index in [0.29, 0.717) is 6.04 Å². The van der Waals surface area contributed by atoms with Crippen molar-refractivity contribution >= 4 is 23.0 Å². The molecule has 2 atom stereocenters. The molecule has 2 unspecified atom stereocenters. The minimum absolute atomic E-state index is 0.551. The Hall–Kier alpha value is -0.890. The molecule has 0 amide bonds. The van der Waals surface area contributed by atoms with Crippen LogP contribution in [0.4, 0.5) is 11.4 Å². The molecule has 1 saturated heterocycles. The van der Waals surface area contributed by atoms with Crippen molar-refractivity contribution in [1.82, 2.24) is 0 Å². The first-order valence-electron chi connectivity index (χ1n) is 5.91. The number of hydrogen-bond donors (Lipinski definition) is 1. The summed E-state index contributed by atoms with van der Waals surface area (Å²) in [7, 11) is 0. The number of nitrogen functional groups attached to an aromatic ring is 1. The van der Waals surface area contributed by atoms with Crippen LogP contribution in [0.1, 0.15) is 26.7 Å². The number of halogens is 1. The third-order valence-corrected chi connectivity index (χ3v) is 3.96. The molecule has 2 rings (SSSR count). The van der Waals surface area contributed by atoms with Gasteiger partial charge >= 0.3 is 0 Å². The van der Waals surface area contributed by atoms with Crippen molar-refractivity contribution in [3.8, 4) is 0 Å². The molecule has 2 N–H and O–H groups in total. The van der Waals surface area contributed by atoms with Crippen molar-refractivity contribution in [3.63, 3.8) is 0 Å². The highest BCUT2D eigenvalue weighted by atomic mass is 35.5. The summed E-state index contributed by atoms with van der Waals surface area (Å²) in [5.74, 6) is 0.724. The van der Waals surface area contributed by atoms with E-state index in [4.69, 9.17) is 17.3 Å². The molecule has 1 aromatic carbocycles. The summed E-state index contributed by atoms with van der Waals surface area (Å²) >= 11 is 6.25. The summed E-state index contributed by atoms with van der Waals surface area (Å²) in [5.41, 5.74) is 7.56. The molecule has 0 saturated carbocycles. The van der Waals surface area contributed by atoms with E-state index in [1.807, 2.05) is 18.2 Å². The molecule has 0 aromatic heterocycles. The Labute approximate surface area is 102 Å². The summed E-state index contributed by atoms with van der Waals surface area (Å²) in [6.07, 6.45) is 2.55. The van der Waals surface area contributed by atoms with E-state index in [2.05, 4.69) is 18.7 Å². The maximum Gasteiger partial charge on any atom is 0.0660 e. The van der Waals surface area contributed by atoms with E-state index in [-0.39, 0.29) is 0 Å². The Balaban J connectivity index is 2.29. The number of anilines is 2. The van der Waals surface area contributed by atoms with Crippen molar-refractivity contribution in [3.05, 3.63) is 23.2 Å². The molecule has 1 aliphatic heterocycles. The molecule has 1 aromatic rings. The molecule has 2 nitrogen and oxygen atoms in total. The molecule has 1 heterocycles. The molecule has 16 heavy (non-hydrogen) atoms. The molecule has 0 radical (unpaired) electrons. The van der Waals surface area contributed by atoms with Crippen molar-refractivity contribution in [2.24, 2.45) is 5.92 Å². The van der Waals surface area contributed by atoms with Crippen LogP contribution in [-0.4, -0.2) is 12.6 Å². The maximum absolute atomic E-state index is 6.25. The molecule has 0 spiro atoms. The van der Waals surface area contributed by atoms with Gasteiger partial charge in [0.2, 0.25) is 0 Å². The van der Waals surface area contributed by atoms with E-state index in [9.17, 15) is 0 Å². The summed E-state index contributed by atoms with van der Waals surface area (Å²) in [5, 5.41) is 0.765. The van der Waals surface area contributed by atoms with E-state index in [1.165, 1.54) is 12.8 Å². The molecule has 3 heteroatoms. The predicted molar refractivity (Wildman–Crippen MR) is 71.1 cm³/mol. The quantitative estimate of drug-likeness (QED) is 0.759. The van der Waals surface area contributed by atoms with Crippen LogP contribution in [-0.2, 0) is 0 Å². The molecule has 1 aliphatic rings. The summed E-state index contributed by atoms with van der Waals surface area (Å²) in [6, 6.07) is 6.34. The van der Waals surface area contributed by atoms with Gasteiger partial charge in [0.1, 0.15) is 0 Å². The highest BCUT2D eigenvalue weighted by Gasteiger charge is 2.25. The topological polar surface area (TPSA) is 29.3 Å². The van der Waals surface area contributed by atoms with Gasteiger partial charge in [-0.05, 0) is 43.9 Å². The normalized spacial score (nSPS) is 25.8. The standard InChI is InChI=1S/C13H19ClN2/c1-9-4-3-7-16(10(9)2)13-6-5-11(15)8-12(13)14/h5-6,8-10H,3-4,7,15H2,1-2H3. The highest BCUT2D eigenvalue weighted by Crippen LogP contribution is 2.34. The van der Waals surface area contributed by atoms with Crippen LogP contribution in [0.15, 0.2) is 18.2 Å². The summed E-state index contributed by atoms with van der Waals surface area (Å²) in [4.78, 5) is 2.40. The smallest absolute Gasteiger partial charge is 0.0660 e. The highest BCUT2D eigenvalue weighted by molar-refractivity contribution is 6.33. The van der Waals surface area contributed by atoms with Crippen LogP contribution in [0.3, 0.4) is 0 Å². The summed E-state index contributed by atoms with van der Waals surface area (Å²) in [6.45, 7) is 5.67. The van der Waals surface area contributed by atoms with Crippen LogP contribution in [0.5, 0.6) is 0 Å². The Morgan fingerprint density at radius 2 is 2.12 bits per heavy atom. The first-order chi connectivity index (χ1) is 7.59. The van der Waals surface area contributed by atoms with Crippen molar-refractivity contribution in [2.75, 3.05) is 17.2 Å². The second kappa shape index (κ2) is 4.54. The number of hydrogen-bond acceptors (Lipinski definition) is 2. The number of piperidine rings is 1. The first kappa shape index (κ1) is 11.6. The van der Waals surface area contributed by atoms with E-state index < -0.39 is 0 Å². The molecule has 88 valence electrons. The van der Waals surface area contributed by atoms with E-state index in [0.717, 1.165) is 28.9 Å². The fourth-order valence-electron chi connectivity index (χ4n) is 2.43. The Bertz CT molecular complexity index is 378. The fourth-order valence-corrected chi connectivity index (χ4v) is 2.73. The number of benzene rings is 1. The summed E-state index contributed by atoms with van der Waals surface area (Å²) < 4.78 is 0. The number of nitrogens with two attached hydrogens (primary N) is 1. The van der Waals surface area contributed by atoms with Gasteiger partial charge in [0.25, 0.3) is 0 Å². The SMILES string of the molecule is CC1CCCN(c2ccc(N)cc2Cl)C1C. The van der Waals surface area contributed by atoms with Gasteiger partial charge in [-0.25, -0.2) is 0 Å². The molecular formula is C13H19ClN2. The van der Waals surface area contributed by atoms with Gasteiger partial charge in [-0.1, -0.05) is 18.5 Å². The van der Waals surface area contributed by atoms with Gasteiger partial charge in [-0.2, -0.15) is 0 Å². The average molecular weight is 239 g/mol. The lowest BCUT2D eigenvalue weighted by Gasteiger charge is -2.40. The van der Waals surface area contributed by atoms with Crippen LogP contribution in [0.2, 0.25) is 5.02 Å². The minimum Gasteiger partial charge on any atom is -0.399 e. The molecule has 1 fully saturated rings. The largest absolute Gasteiger partial charge is 0.399 e. The lowest BCUT2D eigenvalue weighted by atomic mass is 9.91. The van der Waals surface area contributed by atoms with Crippen molar-refractivity contribution in [2.45, 2.75) is 32.7 Å². The zero-order valence-electron chi connectivity index (χ0n) is 9.91. The first-order valence-corrected chi connectivity index (χ1v) is 6.29. The van der Waals surface area contributed by atoms with E-state index >= 15 is 0 Å². The Morgan fingerprint density at radius 1 is 1.38 bits per heavy atom. The maximum atomic E-state index is 6.25. The van der Waals surface area contributed by atoms with Crippen molar-refractivity contribution < 1.29 is 0 Å². The number of nitrogens with zero attached hydrogens (tertiary/aromatic N) is 1. The van der Waals surface area contributed by atoms with Crippen LogP contribution >= 0.6 is 11.6 Å². The Kier molecular flexibility index (Phi) is 3.29.